The van der Waals surface area contributed by atoms with E-state index in [0.717, 1.165) is 0 Å². The third-order valence-corrected chi connectivity index (χ3v) is 1.34. The molecule has 0 aromatic carbocycles. The molecule has 1 heterocycles. The SMILES string of the molecule is OC(Cl)(Cl)c1cncnc1. The largest absolute Gasteiger partial charge is 0.359 e. The van der Waals surface area contributed by atoms with Crippen molar-refractivity contribution in [2.24, 2.45) is 0 Å². The van der Waals surface area contributed by atoms with Gasteiger partial charge in [0, 0.05) is 12.4 Å². The first-order chi connectivity index (χ1) is 4.61. The van der Waals surface area contributed by atoms with Gasteiger partial charge in [0.1, 0.15) is 6.33 Å². The molecule has 0 fully saturated rings. The molecule has 1 aromatic heterocycles. The van der Waals surface area contributed by atoms with Crippen molar-refractivity contribution in [1.82, 2.24) is 9.97 Å². The Morgan fingerprint density at radius 1 is 1.30 bits per heavy atom. The molecule has 0 spiro atoms. The molecule has 1 rings (SSSR count). The van der Waals surface area contributed by atoms with Gasteiger partial charge in [0.05, 0.1) is 5.56 Å². The van der Waals surface area contributed by atoms with Crippen molar-refractivity contribution in [3.63, 3.8) is 0 Å². The molecule has 0 unspecified atom stereocenters. The first kappa shape index (κ1) is 7.72. The average molecular weight is 179 g/mol. The van der Waals surface area contributed by atoms with E-state index in [1.54, 1.807) is 0 Å². The van der Waals surface area contributed by atoms with Gasteiger partial charge in [-0.25, -0.2) is 9.97 Å². The topological polar surface area (TPSA) is 46.0 Å². The quantitative estimate of drug-likeness (QED) is 0.655. The molecular weight excluding hydrogens is 175 g/mol. The number of rotatable bonds is 1. The van der Waals surface area contributed by atoms with Crippen LogP contribution in [0.15, 0.2) is 18.7 Å². The molecule has 1 aromatic rings. The van der Waals surface area contributed by atoms with Crippen LogP contribution in [0.5, 0.6) is 0 Å². The number of alkyl halides is 2. The van der Waals surface area contributed by atoms with E-state index in [1.807, 2.05) is 0 Å². The van der Waals surface area contributed by atoms with Crippen LogP contribution in [0, 0.1) is 0 Å². The molecule has 10 heavy (non-hydrogen) atoms. The number of nitrogens with zero attached hydrogens (tertiary/aromatic N) is 2. The molecule has 0 bridgehead atoms. The van der Waals surface area contributed by atoms with E-state index in [-0.39, 0.29) is 5.56 Å². The third-order valence-electron chi connectivity index (χ3n) is 0.908. The summed E-state index contributed by atoms with van der Waals surface area (Å²) in [5, 5.41) is 8.94. The number of halogens is 2. The minimum absolute atomic E-state index is 0.262. The zero-order valence-electron chi connectivity index (χ0n) is 4.83. The van der Waals surface area contributed by atoms with E-state index in [4.69, 9.17) is 28.3 Å². The van der Waals surface area contributed by atoms with Crippen LogP contribution in [0.2, 0.25) is 0 Å². The first-order valence-corrected chi connectivity index (χ1v) is 3.22. The van der Waals surface area contributed by atoms with Gasteiger partial charge in [-0.15, -0.1) is 0 Å². The zero-order chi connectivity index (χ0) is 7.61. The van der Waals surface area contributed by atoms with Crippen molar-refractivity contribution in [3.8, 4) is 0 Å². The molecule has 3 nitrogen and oxygen atoms in total. The smallest absolute Gasteiger partial charge is 0.244 e. The lowest BCUT2D eigenvalue weighted by atomic mass is 10.4. The highest BCUT2D eigenvalue weighted by Crippen LogP contribution is 2.28. The Kier molecular flexibility index (Phi) is 2.08. The highest BCUT2D eigenvalue weighted by molar-refractivity contribution is 6.46. The summed E-state index contributed by atoms with van der Waals surface area (Å²) in [5.41, 5.74) is 0.262. The summed E-state index contributed by atoms with van der Waals surface area (Å²) in [7, 11) is 0. The van der Waals surface area contributed by atoms with E-state index in [1.165, 1.54) is 18.7 Å². The lowest BCUT2D eigenvalue weighted by molar-refractivity contribution is 0.217. The maximum Gasteiger partial charge on any atom is 0.244 e. The molecule has 0 radical (unpaired) electrons. The van der Waals surface area contributed by atoms with E-state index in [2.05, 4.69) is 9.97 Å². The summed E-state index contributed by atoms with van der Waals surface area (Å²) in [6.07, 6.45) is 4.00. The highest BCUT2D eigenvalue weighted by Gasteiger charge is 2.22. The molecule has 0 saturated carbocycles. The Morgan fingerprint density at radius 2 is 1.80 bits per heavy atom. The fraction of sp³-hybridized carbons (Fsp3) is 0.200. The van der Waals surface area contributed by atoms with Crippen molar-refractivity contribution >= 4 is 23.2 Å². The minimum Gasteiger partial charge on any atom is -0.359 e. The third kappa shape index (κ3) is 1.80. The second kappa shape index (κ2) is 2.70. The standard InChI is InChI=1S/C5H4Cl2N2O/c6-5(7,10)4-1-8-3-9-2-4/h1-3,10H. The monoisotopic (exact) mass is 178 g/mol. The van der Waals surface area contributed by atoms with Crippen molar-refractivity contribution in [2.75, 3.05) is 0 Å². The van der Waals surface area contributed by atoms with Gasteiger partial charge in [-0.1, -0.05) is 23.2 Å². The van der Waals surface area contributed by atoms with Gasteiger partial charge < -0.3 is 5.11 Å². The molecule has 0 saturated heterocycles. The summed E-state index contributed by atoms with van der Waals surface area (Å²) in [5.74, 6) is 0. The van der Waals surface area contributed by atoms with Crippen LogP contribution in [0.25, 0.3) is 0 Å². The van der Waals surface area contributed by atoms with Crippen LogP contribution < -0.4 is 0 Å². The van der Waals surface area contributed by atoms with Gasteiger partial charge in [0.2, 0.25) is 4.52 Å². The zero-order valence-corrected chi connectivity index (χ0v) is 6.34. The summed E-state index contributed by atoms with van der Waals surface area (Å²) in [4.78, 5) is 7.22. The lowest BCUT2D eigenvalue weighted by Gasteiger charge is -2.09. The Bertz CT molecular complexity index is 209. The minimum atomic E-state index is -1.89. The lowest BCUT2D eigenvalue weighted by Crippen LogP contribution is -2.08. The predicted octanol–water partition coefficient (Wildman–Crippen LogP) is 1.06. The van der Waals surface area contributed by atoms with Crippen LogP contribution >= 0.6 is 23.2 Å². The Morgan fingerprint density at radius 3 is 2.10 bits per heavy atom. The van der Waals surface area contributed by atoms with Crippen LogP contribution in [-0.2, 0) is 4.52 Å². The number of hydrogen-bond donors (Lipinski definition) is 1. The second-order valence-electron chi connectivity index (χ2n) is 1.67. The van der Waals surface area contributed by atoms with Gasteiger partial charge in [-0.2, -0.15) is 0 Å². The van der Waals surface area contributed by atoms with E-state index >= 15 is 0 Å². The Hall–Kier alpha value is -0.380. The van der Waals surface area contributed by atoms with Gasteiger partial charge in [0.25, 0.3) is 0 Å². The van der Waals surface area contributed by atoms with Gasteiger partial charge in [-0.05, 0) is 0 Å². The number of aromatic nitrogens is 2. The number of hydrogen-bond acceptors (Lipinski definition) is 3. The average Bonchev–Trinajstić information content (AvgIpc) is 1.88. The molecule has 5 heteroatoms. The van der Waals surface area contributed by atoms with Crippen molar-refractivity contribution in [1.29, 1.82) is 0 Å². The summed E-state index contributed by atoms with van der Waals surface area (Å²) in [6, 6.07) is 0. The molecule has 0 aliphatic rings. The maximum atomic E-state index is 8.94. The van der Waals surface area contributed by atoms with Crippen LogP contribution in [-0.4, -0.2) is 15.1 Å². The molecule has 1 N–H and O–H groups in total. The maximum absolute atomic E-state index is 8.94. The van der Waals surface area contributed by atoms with E-state index < -0.39 is 4.52 Å². The molecule has 0 aliphatic carbocycles. The molecule has 0 aliphatic heterocycles. The fourth-order valence-electron chi connectivity index (χ4n) is 0.454. The van der Waals surface area contributed by atoms with Crippen LogP contribution in [0.4, 0.5) is 0 Å². The molecular formula is C5H4Cl2N2O. The molecule has 54 valence electrons. The number of aliphatic hydroxyl groups is 1. The summed E-state index contributed by atoms with van der Waals surface area (Å²) < 4.78 is -1.89. The fourth-order valence-corrected chi connectivity index (χ4v) is 0.650. The van der Waals surface area contributed by atoms with Gasteiger partial charge in [0.15, 0.2) is 0 Å². The van der Waals surface area contributed by atoms with Crippen LogP contribution in [0.1, 0.15) is 5.56 Å². The van der Waals surface area contributed by atoms with E-state index in [9.17, 15) is 0 Å². The van der Waals surface area contributed by atoms with Crippen molar-refractivity contribution in [2.45, 2.75) is 4.52 Å². The second-order valence-corrected chi connectivity index (χ2v) is 2.96. The Balaban J connectivity index is 2.97. The van der Waals surface area contributed by atoms with Gasteiger partial charge >= 0.3 is 0 Å². The Labute approximate surface area is 67.6 Å². The highest BCUT2D eigenvalue weighted by atomic mass is 35.5. The van der Waals surface area contributed by atoms with Crippen molar-refractivity contribution in [3.05, 3.63) is 24.3 Å². The predicted molar refractivity (Wildman–Crippen MR) is 37.6 cm³/mol. The summed E-state index contributed by atoms with van der Waals surface area (Å²) >= 11 is 10.6. The van der Waals surface area contributed by atoms with Crippen LogP contribution in [0.3, 0.4) is 0 Å². The summed E-state index contributed by atoms with van der Waals surface area (Å²) in [6.45, 7) is 0. The molecule has 0 atom stereocenters. The van der Waals surface area contributed by atoms with Crippen molar-refractivity contribution < 1.29 is 5.11 Å². The normalized spacial score (nSPS) is 11.5. The molecule has 0 amide bonds. The first-order valence-electron chi connectivity index (χ1n) is 2.46. The van der Waals surface area contributed by atoms with Gasteiger partial charge in [-0.3, -0.25) is 0 Å². The van der Waals surface area contributed by atoms with E-state index in [0.29, 0.717) is 0 Å².